The van der Waals surface area contributed by atoms with Crippen LogP contribution in [0.3, 0.4) is 0 Å². The summed E-state index contributed by atoms with van der Waals surface area (Å²) in [4.78, 5) is 49.2. The highest BCUT2D eigenvalue weighted by Crippen LogP contribution is 2.20. The van der Waals surface area contributed by atoms with Crippen molar-refractivity contribution >= 4 is 23.1 Å². The van der Waals surface area contributed by atoms with Gasteiger partial charge in [-0.25, -0.2) is 0 Å². The molecule has 2 aromatic carbocycles. The molecule has 0 saturated heterocycles. The Kier molecular flexibility index (Phi) is 12.2. The zero-order chi connectivity index (χ0) is 24.8. The second-order valence-electron chi connectivity index (χ2n) is 9.19. The first-order valence-electron chi connectivity index (χ1n) is 12.6. The molecule has 0 aliphatic carbocycles. The lowest BCUT2D eigenvalue weighted by Crippen LogP contribution is -2.22. The van der Waals surface area contributed by atoms with E-state index in [4.69, 9.17) is 0 Å². The Morgan fingerprint density at radius 2 is 0.794 bits per heavy atom. The minimum Gasteiger partial charge on any atom is -0.299 e. The number of benzene rings is 2. The Hall–Kier alpha value is -2.88. The Balaban J connectivity index is 1.59. The van der Waals surface area contributed by atoms with E-state index in [1.165, 1.54) is 13.8 Å². The van der Waals surface area contributed by atoms with Gasteiger partial charge < -0.3 is 0 Å². The van der Waals surface area contributed by atoms with Gasteiger partial charge >= 0.3 is 0 Å². The van der Waals surface area contributed by atoms with Crippen LogP contribution in [0, 0.1) is 11.8 Å². The summed E-state index contributed by atoms with van der Waals surface area (Å²) in [5, 5.41) is 0. The Morgan fingerprint density at radius 3 is 1.09 bits per heavy atom. The molecule has 0 saturated carbocycles. The summed E-state index contributed by atoms with van der Waals surface area (Å²) in [5.41, 5.74) is 1.22. The number of hydrogen-bond acceptors (Lipinski definition) is 4. The number of carbonyl (C=O) groups is 4. The van der Waals surface area contributed by atoms with Crippen LogP contribution in [0.15, 0.2) is 60.7 Å². The molecular formula is C30H38O4. The minimum atomic E-state index is -0.532. The molecule has 0 aliphatic heterocycles. The van der Waals surface area contributed by atoms with E-state index in [2.05, 4.69) is 0 Å². The molecule has 0 amide bonds. The number of hydrogen-bond donors (Lipinski definition) is 0. The summed E-state index contributed by atoms with van der Waals surface area (Å²) in [5.74, 6) is -1.30. The molecule has 182 valence electrons. The largest absolute Gasteiger partial charge is 0.299 e. The normalized spacial score (nSPS) is 12.6. The molecule has 4 nitrogen and oxygen atoms in total. The third-order valence-electron chi connectivity index (χ3n) is 6.47. The molecular weight excluding hydrogens is 424 g/mol. The number of Topliss-reactive ketones (excluding diaryl/α,β-unsaturated/α-hetero) is 4. The SMILES string of the molecule is CC(=O)C(CCCCCCCCCCC(C(C)=O)C(=O)c1ccccc1)C(=O)c1ccccc1. The number of ketones is 4. The van der Waals surface area contributed by atoms with E-state index in [9.17, 15) is 19.2 Å². The average Bonchev–Trinajstić information content (AvgIpc) is 2.84. The molecule has 0 fully saturated rings. The predicted molar refractivity (Wildman–Crippen MR) is 136 cm³/mol. The average molecular weight is 463 g/mol. The summed E-state index contributed by atoms with van der Waals surface area (Å²) in [6, 6.07) is 18.1. The van der Waals surface area contributed by atoms with Crippen LogP contribution in [0.1, 0.15) is 98.8 Å². The Morgan fingerprint density at radius 1 is 0.500 bits per heavy atom. The number of carbonyl (C=O) groups excluding carboxylic acids is 4. The van der Waals surface area contributed by atoms with Crippen LogP contribution in [0.4, 0.5) is 0 Å². The number of rotatable bonds is 17. The van der Waals surface area contributed by atoms with E-state index >= 15 is 0 Å². The maximum absolute atomic E-state index is 12.6. The fourth-order valence-corrected chi connectivity index (χ4v) is 4.40. The van der Waals surface area contributed by atoms with E-state index in [-0.39, 0.29) is 23.1 Å². The van der Waals surface area contributed by atoms with Crippen LogP contribution in [-0.4, -0.2) is 23.1 Å². The summed E-state index contributed by atoms with van der Waals surface area (Å²) in [6.07, 6.45) is 9.45. The molecule has 34 heavy (non-hydrogen) atoms. The molecule has 2 aromatic rings. The first kappa shape index (κ1) is 27.4. The van der Waals surface area contributed by atoms with E-state index < -0.39 is 11.8 Å². The summed E-state index contributed by atoms with van der Waals surface area (Å²) >= 11 is 0. The molecule has 0 aromatic heterocycles. The van der Waals surface area contributed by atoms with Gasteiger partial charge in [-0.1, -0.05) is 112 Å². The quantitative estimate of drug-likeness (QED) is 0.143. The highest BCUT2D eigenvalue weighted by Gasteiger charge is 2.24. The van der Waals surface area contributed by atoms with Crippen LogP contribution in [0.2, 0.25) is 0 Å². The van der Waals surface area contributed by atoms with Crippen LogP contribution in [-0.2, 0) is 9.59 Å². The molecule has 0 radical (unpaired) electrons. The van der Waals surface area contributed by atoms with E-state index in [0.717, 1.165) is 51.4 Å². The Bertz CT molecular complexity index is 840. The standard InChI is InChI=1S/C30H38O4/c1-23(31)27(29(33)25-17-11-9-12-18-25)21-15-7-5-3-4-6-8-16-22-28(24(2)32)30(34)26-19-13-10-14-20-26/h9-14,17-20,27-28H,3-8,15-16,21-22H2,1-2H3. The van der Waals surface area contributed by atoms with Crippen LogP contribution >= 0.6 is 0 Å². The van der Waals surface area contributed by atoms with Crippen LogP contribution in [0.25, 0.3) is 0 Å². The first-order valence-corrected chi connectivity index (χ1v) is 12.6. The van der Waals surface area contributed by atoms with Gasteiger partial charge in [-0.2, -0.15) is 0 Å². The van der Waals surface area contributed by atoms with E-state index in [1.807, 2.05) is 36.4 Å². The predicted octanol–water partition coefficient (Wildman–Crippen LogP) is 7.06. The third kappa shape index (κ3) is 9.17. The fourth-order valence-electron chi connectivity index (χ4n) is 4.40. The lowest BCUT2D eigenvalue weighted by atomic mass is 9.89. The van der Waals surface area contributed by atoms with E-state index in [0.29, 0.717) is 24.0 Å². The zero-order valence-electron chi connectivity index (χ0n) is 20.6. The highest BCUT2D eigenvalue weighted by molar-refractivity contribution is 6.10. The lowest BCUT2D eigenvalue weighted by Gasteiger charge is -2.13. The monoisotopic (exact) mass is 462 g/mol. The molecule has 0 aliphatic rings. The van der Waals surface area contributed by atoms with Gasteiger partial charge in [0.05, 0.1) is 11.8 Å². The molecule has 0 bridgehead atoms. The van der Waals surface area contributed by atoms with Gasteiger partial charge in [-0.3, -0.25) is 19.2 Å². The van der Waals surface area contributed by atoms with Gasteiger partial charge in [0.1, 0.15) is 11.6 Å². The second kappa shape index (κ2) is 15.1. The van der Waals surface area contributed by atoms with Crippen LogP contribution < -0.4 is 0 Å². The van der Waals surface area contributed by atoms with Crippen molar-refractivity contribution in [3.63, 3.8) is 0 Å². The maximum Gasteiger partial charge on any atom is 0.173 e. The topological polar surface area (TPSA) is 68.3 Å². The van der Waals surface area contributed by atoms with Crippen molar-refractivity contribution in [1.82, 2.24) is 0 Å². The molecule has 0 spiro atoms. The van der Waals surface area contributed by atoms with Crippen molar-refractivity contribution < 1.29 is 19.2 Å². The van der Waals surface area contributed by atoms with Crippen molar-refractivity contribution in [3.8, 4) is 0 Å². The molecule has 4 heteroatoms. The van der Waals surface area contributed by atoms with Crippen molar-refractivity contribution in [1.29, 1.82) is 0 Å². The molecule has 0 N–H and O–H groups in total. The smallest absolute Gasteiger partial charge is 0.173 e. The van der Waals surface area contributed by atoms with Crippen molar-refractivity contribution in [2.24, 2.45) is 11.8 Å². The van der Waals surface area contributed by atoms with Crippen LogP contribution in [0.5, 0.6) is 0 Å². The Labute approximate surface area is 204 Å². The summed E-state index contributed by atoms with van der Waals surface area (Å²) < 4.78 is 0. The summed E-state index contributed by atoms with van der Waals surface area (Å²) in [6.45, 7) is 3.02. The first-order chi connectivity index (χ1) is 16.4. The molecule has 2 rings (SSSR count). The van der Waals surface area contributed by atoms with Gasteiger partial charge in [-0.15, -0.1) is 0 Å². The van der Waals surface area contributed by atoms with E-state index in [1.54, 1.807) is 24.3 Å². The van der Waals surface area contributed by atoms with Gasteiger partial charge in [0.25, 0.3) is 0 Å². The van der Waals surface area contributed by atoms with Gasteiger partial charge in [-0.05, 0) is 26.7 Å². The highest BCUT2D eigenvalue weighted by atomic mass is 16.2. The minimum absolute atomic E-state index is 0.0523. The number of unbranched alkanes of at least 4 members (excludes halogenated alkanes) is 7. The van der Waals surface area contributed by atoms with Gasteiger partial charge in [0, 0.05) is 11.1 Å². The second-order valence-corrected chi connectivity index (χ2v) is 9.19. The van der Waals surface area contributed by atoms with Crippen molar-refractivity contribution in [3.05, 3.63) is 71.8 Å². The third-order valence-corrected chi connectivity index (χ3v) is 6.47. The molecule has 2 atom stereocenters. The van der Waals surface area contributed by atoms with Crippen molar-refractivity contribution in [2.45, 2.75) is 78.1 Å². The molecule has 2 unspecified atom stereocenters. The van der Waals surface area contributed by atoms with Gasteiger partial charge in [0.15, 0.2) is 11.6 Å². The fraction of sp³-hybridized carbons (Fsp3) is 0.467. The lowest BCUT2D eigenvalue weighted by molar-refractivity contribution is -0.120. The van der Waals surface area contributed by atoms with Gasteiger partial charge in [0.2, 0.25) is 0 Å². The van der Waals surface area contributed by atoms with Crippen molar-refractivity contribution in [2.75, 3.05) is 0 Å². The maximum atomic E-state index is 12.6. The summed E-state index contributed by atoms with van der Waals surface area (Å²) in [7, 11) is 0. The zero-order valence-corrected chi connectivity index (χ0v) is 20.6. The molecule has 0 heterocycles.